The lowest BCUT2D eigenvalue weighted by Gasteiger charge is -2.22. The molecule has 4 nitrogen and oxygen atoms in total. The molecule has 0 unspecified atom stereocenters. The van der Waals surface area contributed by atoms with Crippen molar-refractivity contribution < 1.29 is 9.18 Å². The molecule has 0 bridgehead atoms. The number of nitrogens with zero attached hydrogens (tertiary/aromatic N) is 3. The number of benzene rings is 2. The third-order valence-electron chi connectivity index (χ3n) is 4.58. The van der Waals surface area contributed by atoms with Crippen molar-refractivity contribution in [2.24, 2.45) is 0 Å². The molecular weight excluding hydrogens is 412 g/mol. The molecule has 0 aliphatic rings. The summed E-state index contributed by atoms with van der Waals surface area (Å²) < 4.78 is 15.3. The Morgan fingerprint density at radius 2 is 1.83 bits per heavy atom. The molecule has 0 aliphatic carbocycles. The number of rotatable bonds is 4. The molecule has 0 atom stereocenters. The number of imidazole rings is 1. The highest BCUT2D eigenvalue weighted by Gasteiger charge is 2.23. The number of halogens is 3. The first-order valence-electron chi connectivity index (χ1n) is 8.89. The number of anilines is 1. The quantitative estimate of drug-likeness (QED) is 0.400. The van der Waals surface area contributed by atoms with Gasteiger partial charge in [0.1, 0.15) is 23.0 Å². The van der Waals surface area contributed by atoms with Crippen molar-refractivity contribution in [3.63, 3.8) is 0 Å². The van der Waals surface area contributed by atoms with E-state index in [1.807, 2.05) is 34.9 Å². The Morgan fingerprint density at radius 3 is 2.52 bits per heavy atom. The van der Waals surface area contributed by atoms with E-state index in [9.17, 15) is 9.18 Å². The normalized spacial score (nSPS) is 11.0. The van der Waals surface area contributed by atoms with E-state index in [1.165, 1.54) is 19.1 Å². The second-order valence-electron chi connectivity index (χ2n) is 6.57. The van der Waals surface area contributed by atoms with Gasteiger partial charge < -0.3 is 0 Å². The third-order valence-corrected chi connectivity index (χ3v) is 5.32. The molecule has 4 aromatic rings. The van der Waals surface area contributed by atoms with Crippen LogP contribution in [-0.4, -0.2) is 15.3 Å². The number of pyridine rings is 1. The van der Waals surface area contributed by atoms with Gasteiger partial charge in [-0.05, 0) is 54.1 Å². The molecule has 29 heavy (non-hydrogen) atoms. The molecule has 0 aliphatic heterocycles. The van der Waals surface area contributed by atoms with Crippen LogP contribution in [0.2, 0.25) is 10.0 Å². The van der Waals surface area contributed by atoms with Crippen molar-refractivity contribution in [3.8, 4) is 11.3 Å². The van der Waals surface area contributed by atoms with Crippen LogP contribution in [0.5, 0.6) is 0 Å². The van der Waals surface area contributed by atoms with Gasteiger partial charge in [-0.3, -0.25) is 14.1 Å². The second kappa shape index (κ2) is 7.85. The molecular formula is C22H16Cl2FN3O. The summed E-state index contributed by atoms with van der Waals surface area (Å²) in [5.74, 6) is 0.106. The van der Waals surface area contributed by atoms with E-state index >= 15 is 0 Å². The summed E-state index contributed by atoms with van der Waals surface area (Å²) in [7, 11) is 0. The number of hydrogen-bond donors (Lipinski definition) is 0. The predicted octanol–water partition coefficient (Wildman–Crippen LogP) is 6.00. The van der Waals surface area contributed by atoms with Gasteiger partial charge in [0.2, 0.25) is 5.91 Å². The molecule has 0 fully saturated rings. The van der Waals surface area contributed by atoms with Gasteiger partial charge in [-0.25, -0.2) is 9.37 Å². The number of carbonyl (C=O) groups excluding carboxylic acids is 1. The van der Waals surface area contributed by atoms with E-state index in [2.05, 4.69) is 4.98 Å². The van der Waals surface area contributed by atoms with E-state index in [1.54, 1.807) is 29.2 Å². The molecule has 2 aromatic heterocycles. The Bertz CT molecular complexity index is 1200. The van der Waals surface area contributed by atoms with Gasteiger partial charge in [-0.15, -0.1) is 0 Å². The van der Waals surface area contributed by atoms with Crippen molar-refractivity contribution in [2.75, 3.05) is 4.90 Å². The van der Waals surface area contributed by atoms with Gasteiger partial charge in [0, 0.05) is 18.7 Å². The SMILES string of the molecule is CC(=O)N(Cc1ccc(Cl)c(Cl)c1)c1c(-c2ccc(F)cc2)nc2ccccn12. The number of aromatic nitrogens is 2. The van der Waals surface area contributed by atoms with Crippen LogP contribution in [-0.2, 0) is 11.3 Å². The maximum Gasteiger partial charge on any atom is 0.225 e. The standard InChI is InChI=1S/C22H16Cl2FN3O/c1-14(29)28(13-15-5-10-18(23)19(24)12-15)22-21(16-6-8-17(25)9-7-16)26-20-4-2-3-11-27(20)22/h2-12H,13H2,1H3. The minimum absolute atomic E-state index is 0.162. The van der Waals surface area contributed by atoms with Gasteiger partial charge in [-0.2, -0.15) is 0 Å². The fourth-order valence-corrected chi connectivity index (χ4v) is 3.52. The van der Waals surface area contributed by atoms with Crippen LogP contribution >= 0.6 is 23.2 Å². The predicted molar refractivity (Wildman–Crippen MR) is 114 cm³/mol. The van der Waals surface area contributed by atoms with Gasteiger partial charge in [0.25, 0.3) is 0 Å². The molecule has 0 radical (unpaired) electrons. The topological polar surface area (TPSA) is 37.6 Å². The average molecular weight is 428 g/mol. The van der Waals surface area contributed by atoms with Crippen LogP contribution in [0.1, 0.15) is 12.5 Å². The lowest BCUT2D eigenvalue weighted by atomic mass is 10.1. The van der Waals surface area contributed by atoms with Gasteiger partial charge in [0.15, 0.2) is 0 Å². The number of hydrogen-bond acceptors (Lipinski definition) is 2. The average Bonchev–Trinajstić information content (AvgIpc) is 3.08. The summed E-state index contributed by atoms with van der Waals surface area (Å²) in [5.41, 5.74) is 2.81. The molecule has 1 amide bonds. The molecule has 2 aromatic carbocycles. The molecule has 2 heterocycles. The summed E-state index contributed by atoms with van der Waals surface area (Å²) in [6.07, 6.45) is 1.84. The number of fused-ring (bicyclic) bond motifs is 1. The van der Waals surface area contributed by atoms with E-state index < -0.39 is 0 Å². The van der Waals surface area contributed by atoms with Crippen LogP contribution in [0.15, 0.2) is 66.9 Å². The van der Waals surface area contributed by atoms with E-state index in [4.69, 9.17) is 23.2 Å². The Morgan fingerprint density at radius 1 is 1.07 bits per heavy atom. The van der Waals surface area contributed by atoms with E-state index in [0.29, 0.717) is 32.8 Å². The molecule has 4 rings (SSSR count). The Labute approximate surface area is 177 Å². The van der Waals surface area contributed by atoms with E-state index in [0.717, 1.165) is 5.56 Å². The second-order valence-corrected chi connectivity index (χ2v) is 7.39. The summed E-state index contributed by atoms with van der Waals surface area (Å²) in [4.78, 5) is 19.0. The van der Waals surface area contributed by atoms with Crippen molar-refractivity contribution in [1.29, 1.82) is 0 Å². The fourth-order valence-electron chi connectivity index (χ4n) is 3.20. The van der Waals surface area contributed by atoms with Gasteiger partial charge >= 0.3 is 0 Å². The van der Waals surface area contributed by atoms with Crippen LogP contribution in [0, 0.1) is 5.82 Å². The molecule has 0 N–H and O–H groups in total. The first-order chi connectivity index (χ1) is 13.9. The molecule has 0 saturated heterocycles. The van der Waals surface area contributed by atoms with Crippen LogP contribution in [0.3, 0.4) is 0 Å². The first kappa shape index (κ1) is 19.4. The number of carbonyl (C=O) groups is 1. The minimum Gasteiger partial charge on any atom is -0.292 e. The summed E-state index contributed by atoms with van der Waals surface area (Å²) in [6.45, 7) is 1.78. The Balaban J connectivity index is 1.88. The summed E-state index contributed by atoms with van der Waals surface area (Å²) >= 11 is 12.2. The molecule has 0 spiro atoms. The molecule has 0 saturated carbocycles. The van der Waals surface area contributed by atoms with Gasteiger partial charge in [-0.1, -0.05) is 35.3 Å². The van der Waals surface area contributed by atoms with Crippen molar-refractivity contribution >= 4 is 40.6 Å². The van der Waals surface area contributed by atoms with Gasteiger partial charge in [0.05, 0.1) is 16.6 Å². The monoisotopic (exact) mass is 427 g/mol. The fraction of sp³-hybridized carbons (Fsp3) is 0.0909. The summed E-state index contributed by atoms with van der Waals surface area (Å²) in [6, 6.07) is 16.9. The largest absolute Gasteiger partial charge is 0.292 e. The minimum atomic E-state index is -0.335. The van der Waals surface area contributed by atoms with Crippen LogP contribution in [0.4, 0.5) is 10.2 Å². The zero-order chi connectivity index (χ0) is 20.5. The van der Waals surface area contributed by atoms with Crippen molar-refractivity contribution in [1.82, 2.24) is 9.38 Å². The first-order valence-corrected chi connectivity index (χ1v) is 9.64. The number of amides is 1. The van der Waals surface area contributed by atoms with Crippen LogP contribution in [0.25, 0.3) is 16.9 Å². The zero-order valence-corrected chi connectivity index (χ0v) is 17.0. The van der Waals surface area contributed by atoms with Crippen molar-refractivity contribution in [3.05, 3.63) is 88.3 Å². The van der Waals surface area contributed by atoms with Crippen molar-refractivity contribution in [2.45, 2.75) is 13.5 Å². The third kappa shape index (κ3) is 3.84. The van der Waals surface area contributed by atoms with E-state index in [-0.39, 0.29) is 18.3 Å². The maximum atomic E-state index is 13.4. The zero-order valence-electron chi connectivity index (χ0n) is 15.4. The lowest BCUT2D eigenvalue weighted by molar-refractivity contribution is -0.116. The highest BCUT2D eigenvalue weighted by molar-refractivity contribution is 6.42. The highest BCUT2D eigenvalue weighted by Crippen LogP contribution is 2.33. The van der Waals surface area contributed by atoms with Crippen LogP contribution < -0.4 is 4.90 Å². The molecule has 146 valence electrons. The molecule has 7 heteroatoms. The summed E-state index contributed by atoms with van der Waals surface area (Å²) in [5, 5.41) is 0.871. The Hall–Kier alpha value is -2.89. The lowest BCUT2D eigenvalue weighted by Crippen LogP contribution is -2.29. The smallest absolute Gasteiger partial charge is 0.225 e. The highest BCUT2D eigenvalue weighted by atomic mass is 35.5. The maximum absolute atomic E-state index is 13.4. The Kier molecular flexibility index (Phi) is 5.26.